The molecule has 2 heterocycles. The highest BCUT2D eigenvalue weighted by molar-refractivity contribution is 6.05. The third-order valence-electron chi connectivity index (χ3n) is 8.83. The van der Waals surface area contributed by atoms with Crippen molar-refractivity contribution in [3.8, 4) is 5.75 Å². The van der Waals surface area contributed by atoms with E-state index in [0.29, 0.717) is 29.1 Å². The predicted octanol–water partition coefficient (Wildman–Crippen LogP) is 5.54. The molecule has 3 N–H and O–H groups in total. The Morgan fingerprint density at radius 2 is 1.86 bits per heavy atom. The number of amides is 2. The number of piperazine rings is 1. The number of allylic oxidation sites excluding steroid dienone is 2. The lowest BCUT2D eigenvalue weighted by atomic mass is 9.82. The number of methoxy groups -OCH3 is 1. The summed E-state index contributed by atoms with van der Waals surface area (Å²) in [6.07, 6.45) is 9.07. The van der Waals surface area contributed by atoms with Gasteiger partial charge in [-0.25, -0.2) is 4.79 Å². The topological polar surface area (TPSA) is 113 Å². The Labute approximate surface area is 256 Å². The SMILES string of the molecule is C=C([C@H]1CC[C@H](N2CCN(C(C)=O)CC2)CC1)N1C=CN=C(C)/C1=C(/N)c1ccc(NC(=O)O[C@@H](C)CCC)c(OC)c1. The van der Waals surface area contributed by atoms with Crippen LogP contribution in [0.3, 0.4) is 0 Å². The van der Waals surface area contributed by atoms with Crippen molar-refractivity contribution >= 4 is 29.1 Å². The molecule has 0 spiro atoms. The maximum Gasteiger partial charge on any atom is 0.412 e. The van der Waals surface area contributed by atoms with Crippen LogP contribution in [-0.2, 0) is 9.53 Å². The number of carbonyl (C=O) groups is 2. The number of carbonyl (C=O) groups excluding carboxylic acids is 2. The molecule has 2 amide bonds. The number of rotatable bonds is 9. The summed E-state index contributed by atoms with van der Waals surface area (Å²) in [6, 6.07) is 6.00. The minimum absolute atomic E-state index is 0.166. The molecule has 3 aliphatic rings. The van der Waals surface area contributed by atoms with Crippen LogP contribution in [0.25, 0.3) is 5.70 Å². The molecule has 1 aromatic rings. The standard InChI is InChI=1S/C33H48N6O4/c1-7-8-22(2)43-33(41)36-29-14-11-27(21-30(29)42-6)31(34)32-23(3)35-15-16-39(32)24(4)26-9-12-28(13-10-26)38-19-17-37(18-20-38)25(5)40/h11,14-16,21-22,26,28H,4,7-10,12-13,17-20,34H2,1-3,5-6H3,(H,36,41)/b32-31-/t22-,26-,28-/m0/s1. The summed E-state index contributed by atoms with van der Waals surface area (Å²) < 4.78 is 11.0. The molecule has 0 radical (unpaired) electrons. The second kappa shape index (κ2) is 14.6. The van der Waals surface area contributed by atoms with Gasteiger partial charge in [0.25, 0.3) is 0 Å². The molecule has 10 nitrogen and oxygen atoms in total. The van der Waals surface area contributed by atoms with Crippen LogP contribution in [-0.4, -0.2) is 77.8 Å². The predicted molar refractivity (Wildman–Crippen MR) is 171 cm³/mol. The van der Waals surface area contributed by atoms with Crippen LogP contribution in [0.4, 0.5) is 10.5 Å². The molecular formula is C33H48N6O4. The zero-order valence-electron chi connectivity index (χ0n) is 26.4. The largest absolute Gasteiger partial charge is 0.495 e. The number of nitrogens with one attached hydrogen (secondary N) is 1. The lowest BCUT2D eigenvalue weighted by Gasteiger charge is -2.43. The normalized spacial score (nSPS) is 22.9. The van der Waals surface area contributed by atoms with Gasteiger partial charge in [-0.05, 0) is 64.0 Å². The van der Waals surface area contributed by atoms with Gasteiger partial charge < -0.3 is 25.0 Å². The van der Waals surface area contributed by atoms with E-state index in [0.717, 1.165) is 87.4 Å². The number of anilines is 1. The van der Waals surface area contributed by atoms with E-state index in [1.807, 2.05) is 37.1 Å². The van der Waals surface area contributed by atoms with Crippen molar-refractivity contribution in [2.45, 2.75) is 78.4 Å². The number of benzene rings is 1. The molecule has 2 aliphatic heterocycles. The first-order valence-electron chi connectivity index (χ1n) is 15.5. The zero-order chi connectivity index (χ0) is 31.1. The zero-order valence-corrected chi connectivity index (χ0v) is 26.4. The summed E-state index contributed by atoms with van der Waals surface area (Å²) in [4.78, 5) is 35.2. The van der Waals surface area contributed by atoms with Gasteiger partial charge in [0.1, 0.15) is 11.9 Å². The van der Waals surface area contributed by atoms with Crippen LogP contribution in [0.1, 0.15) is 71.8 Å². The van der Waals surface area contributed by atoms with Gasteiger partial charge in [-0.2, -0.15) is 0 Å². The second-order valence-electron chi connectivity index (χ2n) is 11.7. The van der Waals surface area contributed by atoms with Gasteiger partial charge in [0.2, 0.25) is 5.91 Å². The molecule has 43 heavy (non-hydrogen) atoms. The van der Waals surface area contributed by atoms with Crippen molar-refractivity contribution in [3.63, 3.8) is 0 Å². The van der Waals surface area contributed by atoms with Crippen LogP contribution < -0.4 is 15.8 Å². The number of aliphatic imine (C=N–C) groups is 1. The fourth-order valence-electron chi connectivity index (χ4n) is 6.34. The summed E-state index contributed by atoms with van der Waals surface area (Å²) in [5, 5.41) is 2.79. The van der Waals surface area contributed by atoms with Crippen molar-refractivity contribution in [1.82, 2.24) is 14.7 Å². The Bertz CT molecular complexity index is 1270. The smallest absolute Gasteiger partial charge is 0.412 e. The van der Waals surface area contributed by atoms with Crippen molar-refractivity contribution in [3.05, 3.63) is 54.1 Å². The monoisotopic (exact) mass is 592 g/mol. The highest BCUT2D eigenvalue weighted by Gasteiger charge is 2.32. The number of ether oxygens (including phenoxy) is 2. The lowest BCUT2D eigenvalue weighted by molar-refractivity contribution is -0.131. The second-order valence-corrected chi connectivity index (χ2v) is 11.7. The minimum atomic E-state index is -0.519. The molecule has 1 aromatic carbocycles. The van der Waals surface area contributed by atoms with Crippen molar-refractivity contribution in [2.75, 3.05) is 38.6 Å². The van der Waals surface area contributed by atoms with Crippen LogP contribution in [0.15, 0.2) is 53.6 Å². The Balaban J connectivity index is 1.45. The summed E-state index contributed by atoms with van der Waals surface area (Å²) in [5.74, 6) is 0.977. The molecule has 0 aromatic heterocycles. The molecule has 234 valence electrons. The van der Waals surface area contributed by atoms with Crippen molar-refractivity contribution in [2.24, 2.45) is 16.6 Å². The first-order chi connectivity index (χ1) is 20.6. The summed E-state index contributed by atoms with van der Waals surface area (Å²) in [6.45, 7) is 15.6. The van der Waals surface area contributed by atoms with Gasteiger partial charge >= 0.3 is 6.09 Å². The molecule has 0 unspecified atom stereocenters. The highest BCUT2D eigenvalue weighted by atomic mass is 16.6. The molecule has 1 aliphatic carbocycles. The number of nitrogens with zero attached hydrogens (tertiary/aromatic N) is 4. The molecule has 10 heteroatoms. The molecular weight excluding hydrogens is 544 g/mol. The summed E-state index contributed by atoms with van der Waals surface area (Å²) >= 11 is 0. The number of hydrogen-bond acceptors (Lipinski definition) is 8. The van der Waals surface area contributed by atoms with E-state index >= 15 is 0 Å². The van der Waals surface area contributed by atoms with E-state index in [4.69, 9.17) is 15.2 Å². The molecule has 1 atom stereocenters. The fraction of sp³-hybridized carbons (Fsp3) is 0.545. The maximum atomic E-state index is 12.4. The van der Waals surface area contributed by atoms with Crippen LogP contribution in [0.2, 0.25) is 0 Å². The van der Waals surface area contributed by atoms with Gasteiger partial charge in [-0.3, -0.25) is 20.0 Å². The van der Waals surface area contributed by atoms with E-state index in [9.17, 15) is 9.59 Å². The van der Waals surface area contributed by atoms with Gasteiger partial charge in [0.15, 0.2) is 0 Å². The van der Waals surface area contributed by atoms with E-state index in [1.165, 1.54) is 0 Å². The average Bonchev–Trinajstić information content (AvgIpc) is 3.00. The third kappa shape index (κ3) is 7.79. The molecule has 2 fully saturated rings. The Hall–Kier alpha value is -3.79. The minimum Gasteiger partial charge on any atom is -0.495 e. The summed E-state index contributed by atoms with van der Waals surface area (Å²) in [7, 11) is 1.56. The van der Waals surface area contributed by atoms with Crippen LogP contribution in [0.5, 0.6) is 5.75 Å². The van der Waals surface area contributed by atoms with Crippen LogP contribution in [0, 0.1) is 5.92 Å². The van der Waals surface area contributed by atoms with E-state index in [-0.39, 0.29) is 12.0 Å². The third-order valence-corrected chi connectivity index (χ3v) is 8.83. The van der Waals surface area contributed by atoms with Crippen molar-refractivity contribution in [1.29, 1.82) is 0 Å². The first kappa shape index (κ1) is 32.1. The molecule has 4 rings (SSSR count). The maximum absolute atomic E-state index is 12.4. The van der Waals surface area contributed by atoms with Crippen molar-refractivity contribution < 1.29 is 19.1 Å². The molecule has 0 bridgehead atoms. The van der Waals surface area contributed by atoms with E-state index in [2.05, 4.69) is 33.6 Å². The van der Waals surface area contributed by atoms with Gasteiger partial charge in [0, 0.05) is 62.8 Å². The highest BCUT2D eigenvalue weighted by Crippen LogP contribution is 2.37. The Morgan fingerprint density at radius 3 is 2.49 bits per heavy atom. The van der Waals surface area contributed by atoms with E-state index in [1.54, 1.807) is 26.3 Å². The van der Waals surface area contributed by atoms with E-state index < -0.39 is 6.09 Å². The Morgan fingerprint density at radius 1 is 1.16 bits per heavy atom. The van der Waals surface area contributed by atoms with Gasteiger partial charge in [-0.15, -0.1) is 0 Å². The van der Waals surface area contributed by atoms with Gasteiger partial charge in [-0.1, -0.05) is 26.0 Å². The first-order valence-corrected chi connectivity index (χ1v) is 15.5. The fourth-order valence-corrected chi connectivity index (χ4v) is 6.34. The Kier molecular flexibility index (Phi) is 10.9. The number of hydrogen-bond donors (Lipinski definition) is 2. The van der Waals surface area contributed by atoms with Gasteiger partial charge in [0.05, 0.1) is 29.9 Å². The van der Waals surface area contributed by atoms with Crippen LogP contribution >= 0.6 is 0 Å². The quantitative estimate of drug-likeness (QED) is 0.387. The summed E-state index contributed by atoms with van der Waals surface area (Å²) in [5.41, 5.74) is 11.2. The average molecular weight is 593 g/mol. The number of nitrogens with two attached hydrogens (primary N) is 1. The molecule has 1 saturated heterocycles. The molecule has 1 saturated carbocycles. The lowest BCUT2D eigenvalue weighted by Crippen LogP contribution is -2.52.